The predicted octanol–water partition coefficient (Wildman–Crippen LogP) is 3.64. The number of nitrogens with one attached hydrogen (secondary N) is 1. The lowest BCUT2D eigenvalue weighted by atomic mass is 10.1. The van der Waals surface area contributed by atoms with Crippen molar-refractivity contribution >= 4 is 5.91 Å². The van der Waals surface area contributed by atoms with E-state index in [0.717, 1.165) is 37.0 Å². The standard InChI is InChI=1S/C19H24N2O4/c1-2-3-9-23-15-7-4-6-14(11-15)12-20-19(22)17-18(25-13-21-17)16-8-5-10-24-16/h4,6-7,11,13,16H,2-3,5,8-10,12H2,1H3,(H,20,22)/t16-/m0/s1. The van der Waals surface area contributed by atoms with Crippen LogP contribution in [0.25, 0.3) is 0 Å². The van der Waals surface area contributed by atoms with Crippen molar-refractivity contribution in [3.05, 3.63) is 47.7 Å². The largest absolute Gasteiger partial charge is 0.494 e. The Labute approximate surface area is 147 Å². The lowest BCUT2D eigenvalue weighted by Gasteiger charge is -2.10. The molecule has 0 unspecified atom stereocenters. The van der Waals surface area contributed by atoms with Crippen LogP contribution in [0.4, 0.5) is 0 Å². The van der Waals surface area contributed by atoms with Crippen molar-refractivity contribution in [1.29, 1.82) is 0 Å². The highest BCUT2D eigenvalue weighted by Crippen LogP contribution is 2.30. The number of unbranched alkanes of at least 4 members (excludes halogenated alkanes) is 1. The number of carbonyl (C=O) groups is 1. The molecular formula is C19H24N2O4. The van der Waals surface area contributed by atoms with Crippen LogP contribution in [0.15, 0.2) is 35.1 Å². The Hall–Kier alpha value is -2.34. The highest BCUT2D eigenvalue weighted by molar-refractivity contribution is 5.93. The second-order valence-corrected chi connectivity index (χ2v) is 6.10. The molecule has 3 rings (SSSR count). The van der Waals surface area contributed by atoms with Crippen LogP contribution in [-0.4, -0.2) is 24.1 Å². The summed E-state index contributed by atoms with van der Waals surface area (Å²) < 4.78 is 16.7. The number of ether oxygens (including phenoxy) is 2. The molecule has 134 valence electrons. The lowest BCUT2D eigenvalue weighted by Crippen LogP contribution is -2.24. The smallest absolute Gasteiger partial charge is 0.273 e. The molecule has 0 aliphatic carbocycles. The van der Waals surface area contributed by atoms with E-state index in [1.807, 2.05) is 24.3 Å². The van der Waals surface area contributed by atoms with Gasteiger partial charge in [0.1, 0.15) is 11.9 Å². The van der Waals surface area contributed by atoms with Crippen LogP contribution in [0.3, 0.4) is 0 Å². The molecule has 2 aromatic rings. The molecule has 1 aromatic carbocycles. The molecule has 25 heavy (non-hydrogen) atoms. The second-order valence-electron chi connectivity index (χ2n) is 6.10. The summed E-state index contributed by atoms with van der Waals surface area (Å²) in [7, 11) is 0. The topological polar surface area (TPSA) is 73.6 Å². The fraction of sp³-hybridized carbons (Fsp3) is 0.474. The number of rotatable bonds is 8. The third-order valence-electron chi connectivity index (χ3n) is 4.15. The van der Waals surface area contributed by atoms with E-state index in [4.69, 9.17) is 13.9 Å². The van der Waals surface area contributed by atoms with Crippen molar-refractivity contribution in [3.8, 4) is 5.75 Å². The van der Waals surface area contributed by atoms with Gasteiger partial charge in [0.25, 0.3) is 5.91 Å². The molecule has 0 radical (unpaired) electrons. The predicted molar refractivity (Wildman–Crippen MR) is 92.4 cm³/mol. The van der Waals surface area contributed by atoms with Crippen LogP contribution < -0.4 is 10.1 Å². The number of hydrogen-bond acceptors (Lipinski definition) is 5. The van der Waals surface area contributed by atoms with Gasteiger partial charge < -0.3 is 19.2 Å². The number of benzene rings is 1. The lowest BCUT2D eigenvalue weighted by molar-refractivity contribution is 0.0860. The summed E-state index contributed by atoms with van der Waals surface area (Å²) in [5.74, 6) is 1.09. The number of carbonyl (C=O) groups excluding carboxylic acids is 1. The van der Waals surface area contributed by atoms with E-state index >= 15 is 0 Å². The monoisotopic (exact) mass is 344 g/mol. The fourth-order valence-electron chi connectivity index (χ4n) is 2.78. The third kappa shape index (κ3) is 4.60. The normalized spacial score (nSPS) is 16.8. The average Bonchev–Trinajstić information content (AvgIpc) is 3.31. The molecule has 0 saturated carbocycles. The third-order valence-corrected chi connectivity index (χ3v) is 4.15. The molecule has 6 nitrogen and oxygen atoms in total. The zero-order valence-corrected chi connectivity index (χ0v) is 14.5. The molecule has 1 aliphatic rings. The van der Waals surface area contributed by atoms with Crippen molar-refractivity contribution in [2.24, 2.45) is 0 Å². The van der Waals surface area contributed by atoms with Crippen LogP contribution in [0, 0.1) is 0 Å². The van der Waals surface area contributed by atoms with Crippen LogP contribution in [-0.2, 0) is 11.3 Å². The van der Waals surface area contributed by atoms with E-state index in [1.165, 1.54) is 6.39 Å². The van der Waals surface area contributed by atoms with Crippen LogP contribution in [0.2, 0.25) is 0 Å². The van der Waals surface area contributed by atoms with Gasteiger partial charge in [0.15, 0.2) is 17.8 Å². The Kier molecular flexibility index (Phi) is 6.06. The summed E-state index contributed by atoms with van der Waals surface area (Å²) in [6.45, 7) is 3.93. The maximum Gasteiger partial charge on any atom is 0.273 e. The highest BCUT2D eigenvalue weighted by atomic mass is 16.5. The van der Waals surface area contributed by atoms with Crippen molar-refractivity contribution in [2.75, 3.05) is 13.2 Å². The van der Waals surface area contributed by atoms with Crippen molar-refractivity contribution in [1.82, 2.24) is 10.3 Å². The molecule has 1 aliphatic heterocycles. The van der Waals surface area contributed by atoms with Gasteiger partial charge in [-0.3, -0.25) is 4.79 Å². The molecule has 0 spiro atoms. The van der Waals surface area contributed by atoms with E-state index < -0.39 is 0 Å². The first kappa shape index (κ1) is 17.5. The van der Waals surface area contributed by atoms with E-state index in [0.29, 0.717) is 31.2 Å². The van der Waals surface area contributed by atoms with Crippen LogP contribution in [0.1, 0.15) is 60.5 Å². The van der Waals surface area contributed by atoms with Crippen LogP contribution in [0.5, 0.6) is 5.75 Å². The van der Waals surface area contributed by atoms with E-state index in [2.05, 4.69) is 17.2 Å². The Morgan fingerprint density at radius 3 is 3.16 bits per heavy atom. The van der Waals surface area contributed by atoms with Gasteiger partial charge in [-0.1, -0.05) is 25.5 Å². The zero-order chi connectivity index (χ0) is 17.5. The minimum Gasteiger partial charge on any atom is -0.494 e. The maximum atomic E-state index is 12.4. The quantitative estimate of drug-likeness (QED) is 0.740. The van der Waals surface area contributed by atoms with Gasteiger partial charge in [-0.25, -0.2) is 4.98 Å². The van der Waals surface area contributed by atoms with E-state index in [9.17, 15) is 4.79 Å². The van der Waals surface area contributed by atoms with Gasteiger partial charge in [-0.05, 0) is 37.0 Å². The average molecular weight is 344 g/mol. The van der Waals surface area contributed by atoms with Crippen molar-refractivity contribution < 1.29 is 18.7 Å². The Morgan fingerprint density at radius 1 is 1.44 bits per heavy atom. The minimum absolute atomic E-state index is 0.168. The molecule has 1 atom stereocenters. The van der Waals surface area contributed by atoms with Crippen molar-refractivity contribution in [2.45, 2.75) is 45.3 Å². The summed E-state index contributed by atoms with van der Waals surface area (Å²) in [6, 6.07) is 7.75. The number of aromatic nitrogens is 1. The minimum atomic E-state index is -0.253. The summed E-state index contributed by atoms with van der Waals surface area (Å²) in [4.78, 5) is 16.5. The summed E-state index contributed by atoms with van der Waals surface area (Å²) in [6.07, 6.45) is 5.08. The van der Waals surface area contributed by atoms with E-state index in [1.54, 1.807) is 0 Å². The number of oxazole rings is 1. The first-order valence-electron chi connectivity index (χ1n) is 8.83. The molecule has 1 saturated heterocycles. The second kappa shape index (κ2) is 8.67. The van der Waals surface area contributed by atoms with Gasteiger partial charge in [0.2, 0.25) is 0 Å². The molecule has 2 heterocycles. The Bertz CT molecular complexity index is 692. The Balaban J connectivity index is 1.57. The van der Waals surface area contributed by atoms with Gasteiger partial charge in [0.05, 0.1) is 6.61 Å². The molecule has 1 amide bonds. The summed E-state index contributed by atoms with van der Waals surface area (Å²) >= 11 is 0. The van der Waals surface area contributed by atoms with Crippen molar-refractivity contribution in [3.63, 3.8) is 0 Å². The van der Waals surface area contributed by atoms with Gasteiger partial charge >= 0.3 is 0 Å². The van der Waals surface area contributed by atoms with Gasteiger partial charge in [-0.15, -0.1) is 0 Å². The molecular weight excluding hydrogens is 320 g/mol. The molecule has 1 fully saturated rings. The van der Waals surface area contributed by atoms with E-state index in [-0.39, 0.29) is 12.0 Å². The molecule has 6 heteroatoms. The highest BCUT2D eigenvalue weighted by Gasteiger charge is 2.27. The molecule has 1 N–H and O–H groups in total. The SMILES string of the molecule is CCCCOc1cccc(CNC(=O)c2ncoc2[C@@H]2CCCO2)c1. The van der Waals surface area contributed by atoms with Gasteiger partial charge in [-0.2, -0.15) is 0 Å². The fourth-order valence-corrected chi connectivity index (χ4v) is 2.78. The Morgan fingerprint density at radius 2 is 2.36 bits per heavy atom. The maximum absolute atomic E-state index is 12.4. The molecule has 1 aromatic heterocycles. The number of amides is 1. The summed E-state index contributed by atoms with van der Waals surface area (Å²) in [5, 5.41) is 2.89. The number of nitrogens with zero attached hydrogens (tertiary/aromatic N) is 1. The molecule has 0 bridgehead atoms. The number of hydrogen-bond donors (Lipinski definition) is 1. The zero-order valence-electron chi connectivity index (χ0n) is 14.5. The first-order valence-corrected chi connectivity index (χ1v) is 8.83. The van der Waals surface area contributed by atoms with Gasteiger partial charge in [0, 0.05) is 13.2 Å². The van der Waals surface area contributed by atoms with Crippen LogP contribution >= 0.6 is 0 Å². The summed E-state index contributed by atoms with van der Waals surface area (Å²) in [5.41, 5.74) is 1.28. The first-order chi connectivity index (χ1) is 12.3.